The molecule has 8 nitrogen and oxygen atoms in total. The Bertz CT molecular complexity index is 837. The van der Waals surface area contributed by atoms with Crippen molar-refractivity contribution in [3.8, 4) is 0 Å². The molecule has 3 rings (SSSR count). The van der Waals surface area contributed by atoms with Gasteiger partial charge in [0.15, 0.2) is 5.79 Å². The molecule has 0 bridgehead atoms. The van der Waals surface area contributed by atoms with Crippen molar-refractivity contribution in [2.24, 2.45) is 10.8 Å². The van der Waals surface area contributed by atoms with Crippen LogP contribution in [0.15, 0.2) is 35.6 Å². The fraction of sp³-hybridized carbons (Fsp3) is 0.389. The number of hydrogen-bond donors (Lipinski definition) is 2. The Hall–Kier alpha value is -2.71. The zero-order valence-electron chi connectivity index (χ0n) is 14.6. The molecule has 3 N–H and O–H groups in total. The van der Waals surface area contributed by atoms with E-state index in [0.29, 0.717) is 19.8 Å². The molecular weight excluding hydrogens is 336 g/mol. The molecule has 1 aromatic heterocycles. The topological polar surface area (TPSA) is 108 Å². The second-order valence-electron chi connectivity index (χ2n) is 6.31. The smallest absolute Gasteiger partial charge is 0.245 e. The van der Waals surface area contributed by atoms with Gasteiger partial charge in [0.25, 0.3) is 0 Å². The van der Waals surface area contributed by atoms with Crippen molar-refractivity contribution < 1.29 is 19.1 Å². The van der Waals surface area contributed by atoms with Crippen molar-refractivity contribution in [1.29, 1.82) is 0 Å². The van der Waals surface area contributed by atoms with Gasteiger partial charge in [0.1, 0.15) is 0 Å². The van der Waals surface area contributed by atoms with Gasteiger partial charge in [-0.25, -0.2) is 5.43 Å². The second-order valence-corrected chi connectivity index (χ2v) is 6.31. The Morgan fingerprint density at radius 2 is 2.08 bits per heavy atom. The van der Waals surface area contributed by atoms with Gasteiger partial charge in [-0.1, -0.05) is 18.2 Å². The van der Waals surface area contributed by atoms with Crippen LogP contribution in [0, 0.1) is 0 Å². The lowest BCUT2D eigenvalue weighted by Gasteiger charge is -2.20. The average molecular weight is 358 g/mol. The summed E-state index contributed by atoms with van der Waals surface area (Å²) in [6, 6.07) is 7.77. The first kappa shape index (κ1) is 18.1. The van der Waals surface area contributed by atoms with Crippen LogP contribution < -0.4 is 11.2 Å². The molecule has 1 aromatic carbocycles. The lowest BCUT2D eigenvalue weighted by molar-refractivity contribution is -0.159. The molecule has 1 aliphatic rings. The SMILES string of the molecule is CC1(CC(=O)N/N=C/c2cn(CCC(N)=O)c3ccccc23)OCCO1. The normalized spacial score (nSPS) is 16.3. The highest BCUT2D eigenvalue weighted by Crippen LogP contribution is 2.22. The molecular formula is C18H22N4O4. The Morgan fingerprint density at radius 3 is 2.81 bits per heavy atom. The molecule has 0 unspecified atom stereocenters. The molecule has 0 atom stereocenters. The molecule has 1 aliphatic heterocycles. The van der Waals surface area contributed by atoms with Crippen LogP contribution in [0.5, 0.6) is 0 Å². The highest BCUT2D eigenvalue weighted by Gasteiger charge is 2.33. The van der Waals surface area contributed by atoms with Crippen LogP contribution >= 0.6 is 0 Å². The lowest BCUT2D eigenvalue weighted by atomic mass is 10.2. The minimum Gasteiger partial charge on any atom is -0.370 e. The number of ether oxygens (including phenoxy) is 2. The van der Waals surface area contributed by atoms with Crippen LogP contribution in [-0.2, 0) is 25.6 Å². The first-order chi connectivity index (χ1) is 12.5. The summed E-state index contributed by atoms with van der Waals surface area (Å²) in [5, 5.41) is 5.01. The summed E-state index contributed by atoms with van der Waals surface area (Å²) in [6.45, 7) is 3.19. The molecule has 0 radical (unpaired) electrons. The van der Waals surface area contributed by atoms with Gasteiger partial charge in [-0.3, -0.25) is 9.59 Å². The van der Waals surface area contributed by atoms with Gasteiger partial charge in [-0.05, 0) is 13.0 Å². The fourth-order valence-electron chi connectivity index (χ4n) is 2.96. The molecule has 2 aromatic rings. The summed E-state index contributed by atoms with van der Waals surface area (Å²) in [5.74, 6) is -1.53. The first-order valence-electron chi connectivity index (χ1n) is 8.43. The largest absolute Gasteiger partial charge is 0.370 e. The van der Waals surface area contributed by atoms with E-state index in [1.54, 1.807) is 13.1 Å². The van der Waals surface area contributed by atoms with Crippen molar-refractivity contribution >= 4 is 28.9 Å². The van der Waals surface area contributed by atoms with E-state index in [4.69, 9.17) is 15.2 Å². The van der Waals surface area contributed by atoms with E-state index >= 15 is 0 Å². The Kier molecular flexibility index (Phi) is 5.34. The molecule has 1 fully saturated rings. The van der Waals surface area contributed by atoms with E-state index in [1.807, 2.05) is 35.0 Å². The molecule has 138 valence electrons. The Balaban J connectivity index is 1.68. The molecule has 0 aliphatic carbocycles. The van der Waals surface area contributed by atoms with Crippen molar-refractivity contribution in [1.82, 2.24) is 9.99 Å². The predicted octanol–water partition coefficient (Wildman–Crippen LogP) is 1.12. The number of fused-ring (bicyclic) bond motifs is 1. The summed E-state index contributed by atoms with van der Waals surface area (Å²) in [5.41, 5.74) is 9.54. The van der Waals surface area contributed by atoms with Crippen molar-refractivity contribution in [2.75, 3.05) is 13.2 Å². The predicted molar refractivity (Wildman–Crippen MR) is 96.4 cm³/mol. The van der Waals surface area contributed by atoms with Crippen LogP contribution in [0.2, 0.25) is 0 Å². The monoisotopic (exact) mass is 358 g/mol. The zero-order valence-corrected chi connectivity index (χ0v) is 14.6. The number of carbonyl (C=O) groups excluding carboxylic acids is 2. The average Bonchev–Trinajstić information content (AvgIpc) is 3.17. The molecule has 2 heterocycles. The fourth-order valence-corrected chi connectivity index (χ4v) is 2.96. The maximum Gasteiger partial charge on any atom is 0.245 e. The van der Waals surface area contributed by atoms with E-state index < -0.39 is 5.79 Å². The van der Waals surface area contributed by atoms with Crippen LogP contribution in [-0.4, -0.2) is 41.6 Å². The van der Waals surface area contributed by atoms with Crippen LogP contribution in [0.3, 0.4) is 0 Å². The minimum atomic E-state index is -0.885. The van der Waals surface area contributed by atoms with Crippen LogP contribution in [0.25, 0.3) is 10.9 Å². The van der Waals surface area contributed by atoms with Gasteiger partial charge < -0.3 is 19.8 Å². The molecule has 1 saturated heterocycles. The quantitative estimate of drug-likeness (QED) is 0.571. The number of nitrogens with zero attached hydrogens (tertiary/aromatic N) is 2. The van der Waals surface area contributed by atoms with E-state index in [-0.39, 0.29) is 24.7 Å². The van der Waals surface area contributed by atoms with Crippen molar-refractivity contribution in [3.63, 3.8) is 0 Å². The van der Waals surface area contributed by atoms with E-state index in [0.717, 1.165) is 16.5 Å². The van der Waals surface area contributed by atoms with E-state index in [1.165, 1.54) is 0 Å². The molecule has 26 heavy (non-hydrogen) atoms. The van der Waals surface area contributed by atoms with E-state index in [2.05, 4.69) is 10.5 Å². The molecule has 0 saturated carbocycles. The third-order valence-corrected chi connectivity index (χ3v) is 4.19. The van der Waals surface area contributed by atoms with Crippen molar-refractivity contribution in [3.05, 3.63) is 36.0 Å². The third-order valence-electron chi connectivity index (χ3n) is 4.19. The van der Waals surface area contributed by atoms with Gasteiger partial charge in [0.05, 0.1) is 25.8 Å². The Morgan fingerprint density at radius 1 is 1.35 bits per heavy atom. The van der Waals surface area contributed by atoms with Gasteiger partial charge in [0.2, 0.25) is 11.8 Å². The molecule has 2 amide bonds. The van der Waals surface area contributed by atoms with Gasteiger partial charge in [-0.2, -0.15) is 5.10 Å². The number of rotatable bonds is 7. The summed E-state index contributed by atoms with van der Waals surface area (Å²) in [7, 11) is 0. The van der Waals surface area contributed by atoms with Gasteiger partial charge in [0, 0.05) is 35.6 Å². The summed E-state index contributed by atoms with van der Waals surface area (Å²) >= 11 is 0. The van der Waals surface area contributed by atoms with Crippen LogP contribution in [0.1, 0.15) is 25.3 Å². The van der Waals surface area contributed by atoms with Crippen LogP contribution in [0.4, 0.5) is 0 Å². The minimum absolute atomic E-state index is 0.0741. The van der Waals surface area contributed by atoms with Gasteiger partial charge >= 0.3 is 0 Å². The molecule has 8 heteroatoms. The van der Waals surface area contributed by atoms with Crippen molar-refractivity contribution in [2.45, 2.75) is 32.1 Å². The standard InChI is InChI=1S/C18H22N4O4/c1-18(25-8-9-26-18)10-17(24)21-20-11-13-12-22(7-6-16(19)23)15-5-3-2-4-14(13)15/h2-5,11-12H,6-10H2,1H3,(H2,19,23)(H,21,24)/b20-11+. The number of nitrogens with one attached hydrogen (secondary N) is 1. The third kappa shape index (κ3) is 4.27. The van der Waals surface area contributed by atoms with E-state index in [9.17, 15) is 9.59 Å². The summed E-state index contributed by atoms with van der Waals surface area (Å²) in [6.07, 6.45) is 3.79. The highest BCUT2D eigenvalue weighted by atomic mass is 16.7. The molecule has 0 spiro atoms. The number of nitrogens with two attached hydrogens (primary N) is 1. The summed E-state index contributed by atoms with van der Waals surface area (Å²) < 4.78 is 12.8. The number of benzene rings is 1. The highest BCUT2D eigenvalue weighted by molar-refractivity contribution is 5.99. The maximum absolute atomic E-state index is 12.0. The number of amides is 2. The number of para-hydroxylation sites is 1. The number of carbonyl (C=O) groups is 2. The van der Waals surface area contributed by atoms with Gasteiger partial charge in [-0.15, -0.1) is 0 Å². The Labute approximate surface area is 150 Å². The zero-order chi connectivity index (χ0) is 18.6. The maximum atomic E-state index is 12.0. The summed E-state index contributed by atoms with van der Waals surface area (Å²) in [4.78, 5) is 23.0. The number of primary amides is 1. The second kappa shape index (κ2) is 7.67. The number of aryl methyl sites for hydroxylation is 1. The number of hydrazone groups is 1. The first-order valence-corrected chi connectivity index (χ1v) is 8.43. The number of hydrogen-bond acceptors (Lipinski definition) is 5. The number of aromatic nitrogens is 1. The lowest BCUT2D eigenvalue weighted by Crippen LogP contribution is -2.33.